The molecule has 1 saturated heterocycles. The summed E-state index contributed by atoms with van der Waals surface area (Å²) in [7, 11) is 0. The number of fused-ring (bicyclic) bond motifs is 1. The summed E-state index contributed by atoms with van der Waals surface area (Å²) in [6.45, 7) is 4.97. The minimum Gasteiger partial charge on any atom is -0.339 e. The van der Waals surface area contributed by atoms with Crippen molar-refractivity contribution in [2.45, 2.75) is 25.3 Å². The first-order valence-corrected chi connectivity index (χ1v) is 10.0. The van der Waals surface area contributed by atoms with E-state index < -0.39 is 0 Å². The molecular weight excluding hydrogens is 374 g/mol. The van der Waals surface area contributed by atoms with Crippen molar-refractivity contribution in [3.63, 3.8) is 0 Å². The lowest BCUT2D eigenvalue weighted by Crippen LogP contribution is -2.30. The van der Waals surface area contributed by atoms with Crippen molar-refractivity contribution in [3.8, 4) is 0 Å². The molecule has 8 heteroatoms. The topological polar surface area (TPSA) is 80.1 Å². The van der Waals surface area contributed by atoms with Gasteiger partial charge in [-0.25, -0.2) is 9.36 Å². The lowest BCUT2D eigenvalue weighted by molar-refractivity contribution is -0.125. The predicted octanol–water partition coefficient (Wildman–Crippen LogP) is 3.48. The van der Waals surface area contributed by atoms with Gasteiger partial charge in [-0.3, -0.25) is 14.9 Å². The average Bonchev–Trinajstić information content (AvgIpc) is 3.30. The summed E-state index contributed by atoms with van der Waals surface area (Å²) in [4.78, 5) is 31.6. The summed E-state index contributed by atoms with van der Waals surface area (Å²) in [5.41, 5.74) is 1.82. The zero-order chi connectivity index (χ0) is 19.5. The molecule has 0 aliphatic carbocycles. The van der Waals surface area contributed by atoms with E-state index in [-0.39, 0.29) is 17.9 Å². The summed E-state index contributed by atoms with van der Waals surface area (Å²) in [6, 6.07) is 9.70. The van der Waals surface area contributed by atoms with Crippen molar-refractivity contribution in [1.82, 2.24) is 18.8 Å². The maximum Gasteiger partial charge on any atom is 0.269 e. The molecule has 1 aliphatic heterocycles. The SMILES string of the molecule is C=CC(=O)N1CCC[C@@H](n2c(NC(=O)c3ccns3)nc3ccccc32)CC1. The highest BCUT2D eigenvalue weighted by Crippen LogP contribution is 2.31. The van der Waals surface area contributed by atoms with Crippen LogP contribution in [0.25, 0.3) is 11.0 Å². The number of imidazole rings is 1. The highest BCUT2D eigenvalue weighted by atomic mass is 32.1. The summed E-state index contributed by atoms with van der Waals surface area (Å²) >= 11 is 1.16. The second kappa shape index (κ2) is 7.93. The van der Waals surface area contributed by atoms with E-state index in [0.29, 0.717) is 17.4 Å². The number of nitrogens with zero attached hydrogens (tertiary/aromatic N) is 4. The Labute approximate surface area is 166 Å². The van der Waals surface area contributed by atoms with Crippen LogP contribution in [0.4, 0.5) is 5.95 Å². The van der Waals surface area contributed by atoms with E-state index in [9.17, 15) is 9.59 Å². The van der Waals surface area contributed by atoms with E-state index in [0.717, 1.165) is 48.4 Å². The van der Waals surface area contributed by atoms with E-state index in [1.54, 1.807) is 12.3 Å². The molecule has 2 aromatic heterocycles. The monoisotopic (exact) mass is 395 g/mol. The molecular formula is C20H21N5O2S. The van der Waals surface area contributed by atoms with Gasteiger partial charge in [0.25, 0.3) is 5.91 Å². The molecule has 0 radical (unpaired) electrons. The number of para-hydroxylation sites is 2. The van der Waals surface area contributed by atoms with Crippen LogP contribution in [0.5, 0.6) is 0 Å². The van der Waals surface area contributed by atoms with Crippen molar-refractivity contribution in [1.29, 1.82) is 0 Å². The largest absolute Gasteiger partial charge is 0.339 e. The van der Waals surface area contributed by atoms with E-state index in [1.165, 1.54) is 6.08 Å². The molecule has 3 aromatic rings. The molecule has 1 atom stereocenters. The standard InChI is InChI=1S/C20H21N5O2S/c1-2-18(26)24-12-5-6-14(10-13-24)25-16-8-4-3-7-15(16)22-20(25)23-19(27)17-9-11-21-28-17/h2-4,7-9,11,14H,1,5-6,10,12-13H2,(H,22,23,27)/t14-/m1/s1. The van der Waals surface area contributed by atoms with Crippen LogP contribution in [-0.4, -0.2) is 43.7 Å². The number of amides is 2. The van der Waals surface area contributed by atoms with Crippen LogP contribution in [0.3, 0.4) is 0 Å². The Hall–Kier alpha value is -3.00. The Morgan fingerprint density at radius 2 is 2.07 bits per heavy atom. The Bertz CT molecular complexity index is 1010. The van der Waals surface area contributed by atoms with Crippen LogP contribution in [0.2, 0.25) is 0 Å². The Balaban J connectivity index is 1.66. The third-order valence-corrected chi connectivity index (χ3v) is 5.78. The molecule has 0 unspecified atom stereocenters. The van der Waals surface area contributed by atoms with Gasteiger partial charge in [0.1, 0.15) is 4.88 Å². The third kappa shape index (κ3) is 3.55. The average molecular weight is 395 g/mol. The normalized spacial score (nSPS) is 17.3. The molecule has 2 amide bonds. The number of likely N-dealkylation sites (tertiary alicyclic amines) is 1. The van der Waals surface area contributed by atoms with Crippen molar-refractivity contribution in [3.05, 3.63) is 54.1 Å². The number of hydrogen-bond donors (Lipinski definition) is 1. The molecule has 0 saturated carbocycles. The minimum absolute atomic E-state index is 0.0325. The van der Waals surface area contributed by atoms with Gasteiger partial charge in [-0.05, 0) is 55.1 Å². The van der Waals surface area contributed by atoms with Crippen LogP contribution >= 0.6 is 11.5 Å². The first kappa shape index (κ1) is 18.4. The molecule has 3 heterocycles. The number of aromatic nitrogens is 3. The fraction of sp³-hybridized carbons (Fsp3) is 0.300. The van der Waals surface area contributed by atoms with Crippen LogP contribution in [-0.2, 0) is 4.79 Å². The summed E-state index contributed by atoms with van der Waals surface area (Å²) in [5, 5.41) is 2.95. The second-order valence-electron chi connectivity index (χ2n) is 6.74. The Morgan fingerprint density at radius 3 is 2.86 bits per heavy atom. The van der Waals surface area contributed by atoms with Gasteiger partial charge in [-0.1, -0.05) is 18.7 Å². The first-order valence-electron chi connectivity index (χ1n) is 9.27. The molecule has 1 N–H and O–H groups in total. The first-order chi connectivity index (χ1) is 13.7. The van der Waals surface area contributed by atoms with Gasteiger partial charge in [0, 0.05) is 25.3 Å². The van der Waals surface area contributed by atoms with Gasteiger partial charge in [0.05, 0.1) is 11.0 Å². The zero-order valence-corrected chi connectivity index (χ0v) is 16.2. The number of rotatable bonds is 4. The van der Waals surface area contributed by atoms with Crippen LogP contribution < -0.4 is 5.32 Å². The fourth-order valence-electron chi connectivity index (χ4n) is 3.68. The third-order valence-electron chi connectivity index (χ3n) is 5.03. The van der Waals surface area contributed by atoms with Crippen molar-refractivity contribution >= 4 is 40.3 Å². The number of anilines is 1. The highest BCUT2D eigenvalue weighted by molar-refractivity contribution is 7.08. The zero-order valence-electron chi connectivity index (χ0n) is 15.4. The maximum atomic E-state index is 12.6. The van der Waals surface area contributed by atoms with Crippen molar-refractivity contribution in [2.24, 2.45) is 0 Å². The lowest BCUT2D eigenvalue weighted by atomic mass is 10.1. The van der Waals surface area contributed by atoms with E-state index in [4.69, 9.17) is 0 Å². The van der Waals surface area contributed by atoms with Gasteiger partial charge >= 0.3 is 0 Å². The molecule has 1 aromatic carbocycles. The van der Waals surface area contributed by atoms with E-state index in [2.05, 4.69) is 25.8 Å². The van der Waals surface area contributed by atoms with Crippen LogP contribution in [0.1, 0.15) is 35.0 Å². The van der Waals surface area contributed by atoms with Gasteiger partial charge < -0.3 is 9.47 Å². The number of carbonyl (C=O) groups excluding carboxylic acids is 2. The minimum atomic E-state index is -0.212. The molecule has 144 valence electrons. The van der Waals surface area contributed by atoms with Gasteiger partial charge in [0.2, 0.25) is 11.9 Å². The molecule has 0 bridgehead atoms. The van der Waals surface area contributed by atoms with Crippen molar-refractivity contribution in [2.75, 3.05) is 18.4 Å². The number of nitrogens with one attached hydrogen (secondary N) is 1. The molecule has 4 rings (SSSR count). The predicted molar refractivity (Wildman–Crippen MR) is 109 cm³/mol. The summed E-state index contributed by atoms with van der Waals surface area (Å²) in [6.07, 6.45) is 5.57. The van der Waals surface area contributed by atoms with Gasteiger partial charge in [-0.15, -0.1) is 0 Å². The summed E-state index contributed by atoms with van der Waals surface area (Å²) in [5.74, 6) is 0.291. The molecule has 28 heavy (non-hydrogen) atoms. The number of benzene rings is 1. The van der Waals surface area contributed by atoms with Crippen LogP contribution in [0, 0.1) is 0 Å². The molecule has 1 aliphatic rings. The van der Waals surface area contributed by atoms with Gasteiger partial charge in [-0.2, -0.15) is 0 Å². The highest BCUT2D eigenvalue weighted by Gasteiger charge is 2.25. The fourth-order valence-corrected chi connectivity index (χ4v) is 4.18. The smallest absolute Gasteiger partial charge is 0.269 e. The molecule has 0 spiro atoms. The maximum absolute atomic E-state index is 12.6. The Morgan fingerprint density at radius 1 is 1.21 bits per heavy atom. The van der Waals surface area contributed by atoms with Gasteiger partial charge in [0.15, 0.2) is 0 Å². The van der Waals surface area contributed by atoms with Crippen molar-refractivity contribution < 1.29 is 9.59 Å². The summed E-state index contributed by atoms with van der Waals surface area (Å²) < 4.78 is 6.10. The molecule has 1 fully saturated rings. The quantitative estimate of drug-likeness (QED) is 0.686. The molecule has 7 nitrogen and oxygen atoms in total. The van der Waals surface area contributed by atoms with Crippen LogP contribution in [0.15, 0.2) is 49.2 Å². The van der Waals surface area contributed by atoms with E-state index >= 15 is 0 Å². The number of hydrogen-bond acceptors (Lipinski definition) is 5. The lowest BCUT2D eigenvalue weighted by Gasteiger charge is -2.21. The Kier molecular flexibility index (Phi) is 5.21. The second-order valence-corrected chi connectivity index (χ2v) is 7.57. The number of carbonyl (C=O) groups is 2. The van der Waals surface area contributed by atoms with E-state index in [1.807, 2.05) is 29.2 Å².